The Morgan fingerprint density at radius 1 is 0.875 bits per heavy atom. The van der Waals surface area contributed by atoms with Crippen molar-refractivity contribution in [2.24, 2.45) is 0 Å². The minimum atomic E-state index is -2.14. The fraction of sp³-hybridized carbons (Fsp3) is 0.621. The summed E-state index contributed by atoms with van der Waals surface area (Å²) in [7, 11) is -4.22. The molecule has 0 saturated heterocycles. The van der Waals surface area contributed by atoms with Crippen LogP contribution in [0, 0.1) is 5.82 Å². The number of hydrogen-bond acceptors (Lipinski definition) is 6. The summed E-state index contributed by atoms with van der Waals surface area (Å²) in [6.45, 7) is 25.0. The fourth-order valence-electron chi connectivity index (χ4n) is 3.29. The van der Waals surface area contributed by atoms with Gasteiger partial charge in [-0.1, -0.05) is 41.5 Å². The number of carbonyl (C=O) groups excluding carboxylic acids is 1. The molecule has 2 unspecified atom stereocenters. The predicted molar refractivity (Wildman–Crippen MR) is 162 cm³/mol. The van der Waals surface area contributed by atoms with Gasteiger partial charge < -0.3 is 13.6 Å². The molecule has 0 N–H and O–H groups in total. The minimum Gasteiger partial charge on any atom is -0.456 e. The fourth-order valence-corrected chi connectivity index (χ4v) is 5.47. The molecule has 1 heterocycles. The lowest BCUT2D eigenvalue weighted by Gasteiger charge is -2.37. The van der Waals surface area contributed by atoms with Crippen LogP contribution in [-0.4, -0.2) is 51.1 Å². The normalized spacial score (nSPS) is 14.6. The summed E-state index contributed by atoms with van der Waals surface area (Å²) in [5, 5.41) is -0.0557. The molecule has 11 heteroatoms. The molecular weight excluding hydrogens is 547 g/mol. The molecule has 0 aliphatic rings. The van der Waals surface area contributed by atoms with Crippen LogP contribution in [0.1, 0.15) is 71.8 Å². The number of aromatic nitrogens is 2. The number of hydrogen-bond donors (Lipinski definition) is 0. The number of nitrogens with zero attached hydrogens (tertiary/aromatic N) is 2. The van der Waals surface area contributed by atoms with Gasteiger partial charge in [0.15, 0.2) is 16.6 Å². The first-order valence-electron chi connectivity index (χ1n) is 13.7. The zero-order valence-corrected chi connectivity index (χ0v) is 28.2. The van der Waals surface area contributed by atoms with Crippen LogP contribution in [0.25, 0.3) is 5.69 Å². The highest BCUT2D eigenvalue weighted by atomic mass is 28.4. The summed E-state index contributed by atoms with van der Waals surface area (Å²) >= 11 is 0. The van der Waals surface area contributed by atoms with Crippen molar-refractivity contribution in [3.63, 3.8) is 0 Å². The molecule has 0 fully saturated rings. The van der Waals surface area contributed by atoms with E-state index in [4.69, 9.17) is 13.6 Å². The molecule has 2 rings (SSSR count). The van der Waals surface area contributed by atoms with Crippen LogP contribution < -0.4 is 11.2 Å². The number of rotatable bonds is 10. The van der Waals surface area contributed by atoms with Crippen molar-refractivity contribution in [3.05, 3.63) is 62.7 Å². The van der Waals surface area contributed by atoms with Crippen LogP contribution in [0.4, 0.5) is 4.39 Å². The van der Waals surface area contributed by atoms with Crippen molar-refractivity contribution in [1.29, 1.82) is 0 Å². The van der Waals surface area contributed by atoms with E-state index >= 15 is 0 Å². The average molecular weight is 595 g/mol. The molecule has 1 aromatic carbocycles. The van der Waals surface area contributed by atoms with Gasteiger partial charge in [0.2, 0.25) is 0 Å². The monoisotopic (exact) mass is 594 g/mol. The molecule has 0 aliphatic heterocycles. The molecule has 8 nitrogen and oxygen atoms in total. The van der Waals surface area contributed by atoms with Gasteiger partial charge in [-0.25, -0.2) is 18.5 Å². The largest absolute Gasteiger partial charge is 0.456 e. The first kappa shape index (κ1) is 33.9. The predicted octanol–water partition coefficient (Wildman–Crippen LogP) is 6.29. The minimum absolute atomic E-state index is 0.0161. The second kappa shape index (κ2) is 12.3. The smallest absolute Gasteiger partial charge is 0.345 e. The van der Waals surface area contributed by atoms with Gasteiger partial charge in [0.1, 0.15) is 17.5 Å². The van der Waals surface area contributed by atoms with Gasteiger partial charge in [0, 0.05) is 6.20 Å². The lowest BCUT2D eigenvalue weighted by Crippen LogP contribution is -2.45. The highest BCUT2D eigenvalue weighted by Crippen LogP contribution is 2.37. The molecule has 224 valence electrons. The van der Waals surface area contributed by atoms with E-state index in [1.807, 2.05) is 0 Å². The van der Waals surface area contributed by atoms with Crippen molar-refractivity contribution in [1.82, 2.24) is 9.13 Å². The summed E-state index contributed by atoms with van der Waals surface area (Å²) in [6, 6.07) is 4.45. The third-order valence-electron chi connectivity index (χ3n) is 8.18. The lowest BCUT2D eigenvalue weighted by molar-refractivity contribution is 0.0208. The van der Waals surface area contributed by atoms with Gasteiger partial charge >= 0.3 is 11.7 Å². The van der Waals surface area contributed by atoms with Crippen LogP contribution in [0.5, 0.6) is 0 Å². The highest BCUT2D eigenvalue weighted by molar-refractivity contribution is 6.74. The Kier molecular flexibility index (Phi) is 10.4. The van der Waals surface area contributed by atoms with Crippen LogP contribution in [0.15, 0.2) is 40.1 Å². The van der Waals surface area contributed by atoms with E-state index in [1.54, 1.807) is 13.8 Å². The highest BCUT2D eigenvalue weighted by Gasteiger charge is 2.38. The van der Waals surface area contributed by atoms with Gasteiger partial charge in [0.25, 0.3) is 5.56 Å². The number of benzene rings is 1. The zero-order valence-electron chi connectivity index (χ0n) is 26.2. The van der Waals surface area contributed by atoms with Crippen LogP contribution >= 0.6 is 0 Å². The molecule has 2 aromatic rings. The third-order valence-corrected chi connectivity index (χ3v) is 17.2. The molecule has 0 saturated carbocycles. The summed E-state index contributed by atoms with van der Waals surface area (Å²) in [5.74, 6) is -1.38. The maximum absolute atomic E-state index is 13.6. The quantitative estimate of drug-likeness (QED) is 0.237. The average Bonchev–Trinajstić information content (AvgIpc) is 2.81. The van der Waals surface area contributed by atoms with Gasteiger partial charge in [-0.15, -0.1) is 0 Å². The number of carbonyl (C=O) groups is 1. The lowest BCUT2D eigenvalue weighted by atomic mass is 10.2. The summed E-state index contributed by atoms with van der Waals surface area (Å²) < 4.78 is 33.9. The summed E-state index contributed by atoms with van der Waals surface area (Å²) in [6.07, 6.45) is 0.619. The van der Waals surface area contributed by atoms with Crippen molar-refractivity contribution >= 4 is 22.6 Å². The Morgan fingerprint density at radius 3 is 1.82 bits per heavy atom. The molecule has 0 aliphatic carbocycles. The Balaban J connectivity index is 2.48. The zero-order chi connectivity index (χ0) is 30.8. The number of esters is 1. The Bertz CT molecular complexity index is 1300. The first-order chi connectivity index (χ1) is 18.1. The Labute approximate surface area is 239 Å². The Morgan fingerprint density at radius 2 is 1.35 bits per heavy atom. The SMILES string of the molecule is CC(CO[Si](C)(C)C(C)(C)C)OC(=O)c1cn(C(C)CO[Si](C)(C)C(C)(C)C)c(=O)n(-c2ccc(F)cc2)c1=O. The molecule has 0 amide bonds. The van der Waals surface area contributed by atoms with E-state index in [-0.39, 0.29) is 34.5 Å². The molecular formula is C29H47FN2O6Si2. The molecule has 0 radical (unpaired) electrons. The van der Waals surface area contributed by atoms with Crippen molar-refractivity contribution in [2.45, 2.75) is 104 Å². The van der Waals surface area contributed by atoms with Crippen molar-refractivity contribution in [3.8, 4) is 5.69 Å². The molecule has 0 spiro atoms. The van der Waals surface area contributed by atoms with Crippen LogP contribution in [0.2, 0.25) is 36.3 Å². The van der Waals surface area contributed by atoms with E-state index in [9.17, 15) is 18.8 Å². The summed E-state index contributed by atoms with van der Waals surface area (Å²) in [4.78, 5) is 40.3. The topological polar surface area (TPSA) is 88.8 Å². The van der Waals surface area contributed by atoms with E-state index < -0.39 is 51.8 Å². The first-order valence-corrected chi connectivity index (χ1v) is 19.5. The molecule has 0 bridgehead atoms. The van der Waals surface area contributed by atoms with Gasteiger partial charge in [0.05, 0.1) is 24.9 Å². The second-order valence-corrected chi connectivity index (χ2v) is 23.2. The van der Waals surface area contributed by atoms with E-state index in [0.29, 0.717) is 0 Å². The van der Waals surface area contributed by atoms with Gasteiger partial charge in [-0.05, 0) is 74.4 Å². The third kappa shape index (κ3) is 7.89. The molecule has 1 aromatic heterocycles. The molecule has 2 atom stereocenters. The van der Waals surface area contributed by atoms with Crippen LogP contribution in [-0.2, 0) is 13.6 Å². The van der Waals surface area contributed by atoms with Crippen molar-refractivity contribution in [2.75, 3.05) is 13.2 Å². The number of ether oxygens (including phenoxy) is 1. The maximum Gasteiger partial charge on any atom is 0.345 e. The van der Waals surface area contributed by atoms with E-state index in [0.717, 1.165) is 16.7 Å². The maximum atomic E-state index is 13.6. The summed E-state index contributed by atoms with van der Waals surface area (Å²) in [5.41, 5.74) is -1.66. The number of halogens is 1. The van der Waals surface area contributed by atoms with Crippen LogP contribution in [0.3, 0.4) is 0 Å². The van der Waals surface area contributed by atoms with Gasteiger partial charge in [-0.3, -0.25) is 9.36 Å². The Hall–Kier alpha value is -2.35. The van der Waals surface area contributed by atoms with Gasteiger partial charge in [-0.2, -0.15) is 0 Å². The van der Waals surface area contributed by atoms with E-state index in [1.165, 1.54) is 22.9 Å². The standard InChI is InChI=1S/C29H47FN2O6Si2/c1-20(18-36-39(9,10)28(3,4)5)31-17-24(25(33)32(27(31)35)23-15-13-22(30)14-16-23)26(34)38-21(2)19-37-40(11,12)29(6,7)8/h13-17,20-21H,18-19H2,1-12H3. The van der Waals surface area contributed by atoms with E-state index in [2.05, 4.69) is 67.7 Å². The second-order valence-electron chi connectivity index (χ2n) is 13.6. The van der Waals surface area contributed by atoms with Crippen molar-refractivity contribution < 1.29 is 22.8 Å². The molecule has 40 heavy (non-hydrogen) atoms.